The lowest BCUT2D eigenvalue weighted by molar-refractivity contribution is 0.431. The van der Waals surface area contributed by atoms with Gasteiger partial charge < -0.3 is 9.67 Å². The molecule has 0 saturated carbocycles. The monoisotopic (exact) mass is 250 g/mol. The largest absolute Gasteiger partial charge is 0.489 e. The Hall–Kier alpha value is -2.80. The summed E-state index contributed by atoms with van der Waals surface area (Å²) < 4.78 is 1.74. The zero-order valence-electron chi connectivity index (χ0n) is 10.2. The highest BCUT2D eigenvalue weighted by atomic mass is 16.3. The number of benzene rings is 2. The van der Waals surface area contributed by atoms with Gasteiger partial charge in [-0.3, -0.25) is 0 Å². The molecule has 0 saturated heterocycles. The first-order valence-electron chi connectivity index (χ1n) is 6.00. The maximum atomic E-state index is 10.2. The van der Waals surface area contributed by atoms with E-state index in [4.69, 9.17) is 5.39 Å². The Kier molecular flexibility index (Phi) is 2.66. The number of hydrogen-bond donors (Lipinski definition) is 1. The molecule has 19 heavy (non-hydrogen) atoms. The van der Waals surface area contributed by atoms with Gasteiger partial charge in [0, 0.05) is 0 Å². The molecule has 4 nitrogen and oxygen atoms in total. The smallest absolute Gasteiger partial charge is 0.453 e. The van der Waals surface area contributed by atoms with E-state index in [2.05, 4.69) is 4.98 Å². The molecule has 1 heterocycles. The second kappa shape index (κ2) is 4.46. The van der Waals surface area contributed by atoms with Crippen LogP contribution >= 0.6 is 0 Å². The highest BCUT2D eigenvalue weighted by Gasteiger charge is 2.26. The van der Waals surface area contributed by atoms with Crippen molar-refractivity contribution < 1.29 is 5.11 Å². The summed E-state index contributed by atoms with van der Waals surface area (Å²) in [5.74, 6) is -0.0208. The Bertz CT molecular complexity index is 769. The summed E-state index contributed by atoms with van der Waals surface area (Å²) in [6.45, 7) is 0.530. The molecule has 0 amide bonds. The van der Waals surface area contributed by atoms with Crippen molar-refractivity contribution in [1.29, 1.82) is 5.39 Å². The fourth-order valence-corrected chi connectivity index (χ4v) is 2.30. The molecule has 0 aliphatic heterocycles. The van der Waals surface area contributed by atoms with Crippen LogP contribution in [0.25, 0.3) is 15.9 Å². The Morgan fingerprint density at radius 1 is 1.00 bits per heavy atom. The second-order valence-electron chi connectivity index (χ2n) is 4.36. The van der Waals surface area contributed by atoms with Crippen LogP contribution in [0.15, 0.2) is 54.6 Å². The quantitative estimate of drug-likeness (QED) is 0.702. The highest BCUT2D eigenvalue weighted by Crippen LogP contribution is 2.38. The minimum Gasteiger partial charge on any atom is -0.489 e. The molecule has 0 unspecified atom stereocenters. The standard InChI is InChI=1S/C15H11N3O/c16-17-14-12-8-4-5-9-13(12)18(15(14)19)10-11-6-2-1-3-7-11/h1-9H,10H2/p+1. The van der Waals surface area contributed by atoms with Crippen LogP contribution in [0.2, 0.25) is 0 Å². The predicted octanol–water partition coefficient (Wildman–Crippen LogP) is 3.88. The molecule has 2 aromatic carbocycles. The van der Waals surface area contributed by atoms with Crippen molar-refractivity contribution in [1.82, 2.24) is 4.57 Å². The topological polar surface area (TPSA) is 53.3 Å². The van der Waals surface area contributed by atoms with Crippen LogP contribution in [-0.4, -0.2) is 9.67 Å². The molecule has 0 spiro atoms. The van der Waals surface area contributed by atoms with Gasteiger partial charge in [0.15, 0.2) is 4.98 Å². The van der Waals surface area contributed by atoms with Crippen LogP contribution in [-0.2, 0) is 6.54 Å². The third kappa shape index (κ3) is 1.81. The average Bonchev–Trinajstić information content (AvgIpc) is 2.73. The maximum Gasteiger partial charge on any atom is 0.453 e. The van der Waals surface area contributed by atoms with Crippen LogP contribution in [0.5, 0.6) is 5.88 Å². The summed E-state index contributed by atoms with van der Waals surface area (Å²) in [6.07, 6.45) is 0. The molecule has 0 fully saturated rings. The van der Waals surface area contributed by atoms with Crippen molar-refractivity contribution in [2.24, 2.45) is 0 Å². The number of nitrogens with zero attached hydrogens (tertiary/aromatic N) is 3. The van der Waals surface area contributed by atoms with E-state index >= 15 is 0 Å². The van der Waals surface area contributed by atoms with Crippen molar-refractivity contribution in [2.75, 3.05) is 0 Å². The molecule has 0 radical (unpaired) electrons. The number of rotatable bonds is 2. The Morgan fingerprint density at radius 2 is 1.68 bits per heavy atom. The first kappa shape index (κ1) is 11.3. The zero-order valence-corrected chi connectivity index (χ0v) is 10.2. The van der Waals surface area contributed by atoms with Crippen molar-refractivity contribution in [3.63, 3.8) is 0 Å². The number of hydrogen-bond acceptors (Lipinski definition) is 2. The first-order chi connectivity index (χ1) is 9.31. The van der Waals surface area contributed by atoms with Gasteiger partial charge in [-0.2, -0.15) is 0 Å². The Balaban J connectivity index is 2.19. The summed E-state index contributed by atoms with van der Waals surface area (Å²) >= 11 is 0. The predicted molar refractivity (Wildman–Crippen MR) is 73.9 cm³/mol. The van der Waals surface area contributed by atoms with Gasteiger partial charge in [-0.25, -0.2) is 0 Å². The minimum absolute atomic E-state index is 0.0208. The molecular weight excluding hydrogens is 238 g/mol. The van der Waals surface area contributed by atoms with Crippen molar-refractivity contribution in [3.05, 3.63) is 65.1 Å². The molecule has 4 heteroatoms. The van der Waals surface area contributed by atoms with E-state index in [9.17, 15) is 5.11 Å². The lowest BCUT2D eigenvalue weighted by Crippen LogP contribution is -1.98. The summed E-state index contributed by atoms with van der Waals surface area (Å²) in [5.41, 5.74) is 2.13. The fourth-order valence-electron chi connectivity index (χ4n) is 2.30. The van der Waals surface area contributed by atoms with Crippen LogP contribution in [0.1, 0.15) is 5.56 Å². The molecule has 1 N–H and O–H groups in total. The third-order valence-corrected chi connectivity index (χ3v) is 3.20. The van der Waals surface area contributed by atoms with Gasteiger partial charge >= 0.3 is 5.69 Å². The van der Waals surface area contributed by atoms with E-state index in [0.29, 0.717) is 6.54 Å². The van der Waals surface area contributed by atoms with Crippen molar-refractivity contribution in [3.8, 4) is 5.88 Å². The molecule has 0 aliphatic rings. The summed E-state index contributed by atoms with van der Waals surface area (Å²) in [6, 6.07) is 17.3. The molecule has 3 rings (SSSR count). The SMILES string of the molecule is N#[N+]c1c(O)n(Cc2ccccc2)c2ccccc12. The molecule has 0 aliphatic carbocycles. The van der Waals surface area contributed by atoms with Crippen molar-refractivity contribution in [2.45, 2.75) is 6.54 Å². The van der Waals surface area contributed by atoms with Gasteiger partial charge in [0.25, 0.3) is 5.88 Å². The van der Waals surface area contributed by atoms with E-state index in [1.807, 2.05) is 54.6 Å². The summed E-state index contributed by atoms with van der Waals surface area (Å²) in [4.78, 5) is 3.19. The van der Waals surface area contributed by atoms with Crippen molar-refractivity contribution >= 4 is 16.6 Å². The van der Waals surface area contributed by atoms with Gasteiger partial charge in [0.05, 0.1) is 17.4 Å². The van der Waals surface area contributed by atoms with Gasteiger partial charge in [0.2, 0.25) is 5.39 Å². The normalized spacial score (nSPS) is 10.5. The van der Waals surface area contributed by atoms with Gasteiger partial charge in [-0.15, -0.1) is 0 Å². The van der Waals surface area contributed by atoms with Crippen LogP contribution < -0.4 is 0 Å². The van der Waals surface area contributed by atoms with E-state index in [0.717, 1.165) is 16.5 Å². The first-order valence-corrected chi connectivity index (χ1v) is 6.00. The lowest BCUT2D eigenvalue weighted by atomic mass is 10.2. The summed E-state index contributed by atoms with van der Waals surface area (Å²) in [7, 11) is 0. The Morgan fingerprint density at radius 3 is 2.42 bits per heavy atom. The van der Waals surface area contributed by atoms with Gasteiger partial charge in [0.1, 0.15) is 0 Å². The van der Waals surface area contributed by atoms with Crippen LogP contribution in [0, 0.1) is 5.39 Å². The molecule has 0 atom stereocenters. The van der Waals surface area contributed by atoms with Crippen LogP contribution in [0.4, 0.5) is 5.69 Å². The average molecular weight is 250 g/mol. The van der Waals surface area contributed by atoms with E-state index in [1.165, 1.54) is 0 Å². The number of aromatic hydroxyl groups is 1. The van der Waals surface area contributed by atoms with Gasteiger partial charge in [-0.05, 0) is 17.7 Å². The Labute approximate surface area is 110 Å². The number of aromatic nitrogens is 1. The number of diazo groups is 1. The molecule has 92 valence electrons. The molecule has 0 bridgehead atoms. The van der Waals surface area contributed by atoms with E-state index in [-0.39, 0.29) is 11.6 Å². The van der Waals surface area contributed by atoms with Gasteiger partial charge in [-0.1, -0.05) is 42.5 Å². The highest BCUT2D eigenvalue weighted by molar-refractivity contribution is 5.97. The van der Waals surface area contributed by atoms with E-state index < -0.39 is 0 Å². The third-order valence-electron chi connectivity index (χ3n) is 3.20. The number of para-hydroxylation sites is 1. The maximum absolute atomic E-state index is 10.2. The lowest BCUT2D eigenvalue weighted by Gasteiger charge is -2.05. The second-order valence-corrected chi connectivity index (χ2v) is 4.36. The fraction of sp³-hybridized carbons (Fsp3) is 0.0667. The molecule has 1 aromatic heterocycles. The molecular formula is C15H12N3O+. The summed E-state index contributed by atoms with van der Waals surface area (Å²) in [5, 5.41) is 20.0. The van der Waals surface area contributed by atoms with Crippen LogP contribution in [0.3, 0.4) is 0 Å². The minimum atomic E-state index is -0.0208. The zero-order chi connectivity index (χ0) is 13.2. The number of fused-ring (bicyclic) bond motifs is 1. The molecule has 3 aromatic rings. The van der Waals surface area contributed by atoms with E-state index in [1.54, 1.807) is 4.57 Å².